The van der Waals surface area contributed by atoms with E-state index >= 15 is 0 Å². The van der Waals surface area contributed by atoms with Crippen LogP contribution in [0.25, 0.3) is 0 Å². The minimum Gasteiger partial charge on any atom is -0.338 e. The number of imidazole rings is 1. The van der Waals surface area contributed by atoms with Gasteiger partial charge in [0.25, 0.3) is 0 Å². The minimum absolute atomic E-state index is 0.261. The molecule has 0 radical (unpaired) electrons. The molecule has 7 heteroatoms. The quantitative estimate of drug-likeness (QED) is 0.652. The molecule has 0 aliphatic heterocycles. The highest BCUT2D eigenvalue weighted by atomic mass is 19.1. The topological polar surface area (TPSA) is 55.9 Å². The third-order valence-electron chi connectivity index (χ3n) is 3.17. The molecule has 0 saturated heterocycles. The summed E-state index contributed by atoms with van der Waals surface area (Å²) in [7, 11) is 1.83. The van der Waals surface area contributed by atoms with Gasteiger partial charge in [-0.15, -0.1) is 0 Å². The average molecular weight is 284 g/mol. The lowest BCUT2D eigenvalue weighted by atomic mass is 10.0. The van der Waals surface area contributed by atoms with Crippen molar-refractivity contribution in [2.45, 2.75) is 18.9 Å². The predicted octanol–water partition coefficient (Wildman–Crippen LogP) is 1.97. The number of halogens is 3. The van der Waals surface area contributed by atoms with E-state index < -0.39 is 23.5 Å². The molecule has 1 unspecified atom stereocenters. The summed E-state index contributed by atoms with van der Waals surface area (Å²) in [6.45, 7) is 0. The molecular weight excluding hydrogens is 269 g/mol. The van der Waals surface area contributed by atoms with E-state index in [1.54, 1.807) is 12.4 Å². The maximum Gasteiger partial charge on any atom is 0.133 e. The molecule has 3 N–H and O–H groups in total. The Morgan fingerprint density at radius 3 is 2.45 bits per heavy atom. The third kappa shape index (κ3) is 3.00. The Kier molecular flexibility index (Phi) is 4.41. The van der Waals surface area contributed by atoms with Crippen LogP contribution in [-0.2, 0) is 13.5 Å². The second-order valence-electron chi connectivity index (χ2n) is 4.50. The van der Waals surface area contributed by atoms with Gasteiger partial charge in [-0.05, 0) is 6.42 Å². The maximum absolute atomic E-state index is 13.7. The van der Waals surface area contributed by atoms with E-state index in [9.17, 15) is 13.2 Å². The number of hydrogen-bond donors (Lipinski definition) is 2. The molecule has 1 atom stereocenters. The van der Waals surface area contributed by atoms with E-state index in [-0.39, 0.29) is 5.56 Å². The summed E-state index contributed by atoms with van der Waals surface area (Å²) in [5.74, 6) is 3.26. The van der Waals surface area contributed by atoms with Crippen LogP contribution in [0.15, 0.2) is 24.5 Å². The summed E-state index contributed by atoms with van der Waals surface area (Å²) in [6, 6.07) is 0.528. The lowest BCUT2D eigenvalue weighted by molar-refractivity contribution is 0.442. The Labute approximate surface area is 114 Å². The van der Waals surface area contributed by atoms with Crippen molar-refractivity contribution in [1.29, 1.82) is 0 Å². The van der Waals surface area contributed by atoms with Gasteiger partial charge in [0, 0.05) is 43.6 Å². The van der Waals surface area contributed by atoms with Crippen molar-refractivity contribution in [3.05, 3.63) is 53.4 Å². The van der Waals surface area contributed by atoms with Gasteiger partial charge in [-0.3, -0.25) is 11.3 Å². The van der Waals surface area contributed by atoms with Crippen molar-refractivity contribution < 1.29 is 13.2 Å². The molecule has 2 aromatic rings. The maximum atomic E-state index is 13.7. The molecule has 0 amide bonds. The molecule has 1 heterocycles. The van der Waals surface area contributed by atoms with Crippen molar-refractivity contribution in [2.24, 2.45) is 12.9 Å². The number of rotatable bonds is 5. The first-order valence-corrected chi connectivity index (χ1v) is 6.09. The van der Waals surface area contributed by atoms with Crippen LogP contribution in [0.4, 0.5) is 13.2 Å². The fourth-order valence-corrected chi connectivity index (χ4v) is 2.11. The van der Waals surface area contributed by atoms with E-state index in [0.29, 0.717) is 25.0 Å². The summed E-state index contributed by atoms with van der Waals surface area (Å²) < 4.78 is 42.1. The van der Waals surface area contributed by atoms with Gasteiger partial charge in [0.15, 0.2) is 0 Å². The summed E-state index contributed by atoms with van der Waals surface area (Å²) in [5.41, 5.74) is 2.10. The summed E-state index contributed by atoms with van der Waals surface area (Å²) in [4.78, 5) is 4.12. The van der Waals surface area contributed by atoms with Gasteiger partial charge in [0.1, 0.15) is 23.3 Å². The Morgan fingerprint density at radius 1 is 1.30 bits per heavy atom. The standard InChI is InChI=1S/C13H15F3N4/c1-20-5-4-18-12(20)3-2-11(19-17)13-9(15)6-8(14)7-10(13)16/h4-7,11,19H,2-3,17H2,1H3. The van der Waals surface area contributed by atoms with Crippen molar-refractivity contribution in [3.8, 4) is 0 Å². The van der Waals surface area contributed by atoms with Crippen LogP contribution >= 0.6 is 0 Å². The number of hydrogen-bond acceptors (Lipinski definition) is 3. The van der Waals surface area contributed by atoms with Crippen molar-refractivity contribution >= 4 is 0 Å². The van der Waals surface area contributed by atoms with Crippen molar-refractivity contribution in [1.82, 2.24) is 15.0 Å². The van der Waals surface area contributed by atoms with Gasteiger partial charge in [-0.2, -0.15) is 0 Å². The highest BCUT2D eigenvalue weighted by Gasteiger charge is 2.21. The summed E-state index contributed by atoms with van der Waals surface area (Å²) in [6.07, 6.45) is 4.23. The Balaban J connectivity index is 2.18. The zero-order chi connectivity index (χ0) is 14.7. The summed E-state index contributed by atoms with van der Waals surface area (Å²) >= 11 is 0. The van der Waals surface area contributed by atoms with Crippen molar-refractivity contribution in [2.75, 3.05) is 0 Å². The van der Waals surface area contributed by atoms with Gasteiger partial charge in [-0.25, -0.2) is 18.2 Å². The molecular formula is C13H15F3N4. The normalized spacial score (nSPS) is 12.7. The first kappa shape index (κ1) is 14.5. The van der Waals surface area contributed by atoms with E-state index in [4.69, 9.17) is 5.84 Å². The fraction of sp³-hybridized carbons (Fsp3) is 0.308. The number of benzene rings is 1. The van der Waals surface area contributed by atoms with E-state index in [0.717, 1.165) is 5.82 Å². The Bertz CT molecular complexity index is 574. The third-order valence-corrected chi connectivity index (χ3v) is 3.17. The number of nitrogens with two attached hydrogens (primary N) is 1. The lowest BCUT2D eigenvalue weighted by Gasteiger charge is -2.17. The molecule has 0 fully saturated rings. The molecule has 20 heavy (non-hydrogen) atoms. The zero-order valence-electron chi connectivity index (χ0n) is 10.9. The molecule has 4 nitrogen and oxygen atoms in total. The van der Waals surface area contributed by atoms with E-state index in [2.05, 4.69) is 10.4 Å². The lowest BCUT2D eigenvalue weighted by Crippen LogP contribution is -2.30. The number of aromatic nitrogens is 2. The Morgan fingerprint density at radius 2 is 1.95 bits per heavy atom. The van der Waals surface area contributed by atoms with Crippen LogP contribution in [0, 0.1) is 17.5 Å². The minimum atomic E-state index is -0.955. The average Bonchev–Trinajstić information content (AvgIpc) is 2.78. The van der Waals surface area contributed by atoms with Gasteiger partial charge in [0.05, 0.1) is 6.04 Å². The fourth-order valence-electron chi connectivity index (χ4n) is 2.11. The van der Waals surface area contributed by atoms with Gasteiger partial charge >= 0.3 is 0 Å². The second-order valence-corrected chi connectivity index (χ2v) is 4.50. The summed E-state index contributed by atoms with van der Waals surface area (Å²) in [5, 5.41) is 0. The molecule has 1 aromatic heterocycles. The number of aryl methyl sites for hydroxylation is 2. The first-order chi connectivity index (χ1) is 9.52. The molecule has 1 aromatic carbocycles. The number of nitrogens with one attached hydrogen (secondary N) is 1. The van der Waals surface area contributed by atoms with Gasteiger partial charge < -0.3 is 4.57 Å². The largest absolute Gasteiger partial charge is 0.338 e. The van der Waals surface area contributed by atoms with Crippen LogP contribution in [0.3, 0.4) is 0 Å². The number of hydrazine groups is 1. The number of nitrogens with zero attached hydrogens (tertiary/aromatic N) is 2. The molecule has 0 aliphatic rings. The smallest absolute Gasteiger partial charge is 0.133 e. The van der Waals surface area contributed by atoms with Crippen LogP contribution in [0.5, 0.6) is 0 Å². The molecule has 0 aliphatic carbocycles. The predicted molar refractivity (Wildman–Crippen MR) is 67.9 cm³/mol. The highest BCUT2D eigenvalue weighted by molar-refractivity contribution is 5.24. The van der Waals surface area contributed by atoms with Crippen LogP contribution in [0.2, 0.25) is 0 Å². The van der Waals surface area contributed by atoms with Gasteiger partial charge in [-0.1, -0.05) is 0 Å². The first-order valence-electron chi connectivity index (χ1n) is 6.09. The zero-order valence-corrected chi connectivity index (χ0v) is 10.9. The highest BCUT2D eigenvalue weighted by Crippen LogP contribution is 2.25. The molecule has 2 rings (SSSR count). The van der Waals surface area contributed by atoms with E-state index in [1.165, 1.54) is 0 Å². The molecule has 0 saturated carbocycles. The molecule has 0 bridgehead atoms. The van der Waals surface area contributed by atoms with Crippen LogP contribution in [0.1, 0.15) is 23.9 Å². The van der Waals surface area contributed by atoms with E-state index in [1.807, 2.05) is 11.6 Å². The van der Waals surface area contributed by atoms with Crippen LogP contribution < -0.4 is 11.3 Å². The molecule has 0 spiro atoms. The van der Waals surface area contributed by atoms with Gasteiger partial charge in [0.2, 0.25) is 0 Å². The SMILES string of the molecule is Cn1ccnc1CCC(NN)c1c(F)cc(F)cc1F. The van der Waals surface area contributed by atoms with Crippen molar-refractivity contribution in [3.63, 3.8) is 0 Å². The second kappa shape index (κ2) is 6.06. The Hall–Kier alpha value is -1.86. The monoisotopic (exact) mass is 284 g/mol. The van der Waals surface area contributed by atoms with Crippen LogP contribution in [-0.4, -0.2) is 9.55 Å². The molecule has 108 valence electrons.